The number of urea groups is 1. The molecule has 0 aliphatic carbocycles. The van der Waals surface area contributed by atoms with E-state index in [1.54, 1.807) is 11.1 Å². The molecule has 1 atom stereocenters. The molecular formula is C10H13N3O. The van der Waals surface area contributed by atoms with Crippen LogP contribution >= 0.6 is 0 Å². The van der Waals surface area contributed by atoms with Crippen molar-refractivity contribution in [3.05, 3.63) is 23.9 Å². The molecule has 0 spiro atoms. The molecule has 0 saturated heterocycles. The van der Waals surface area contributed by atoms with E-state index < -0.39 is 6.03 Å². The van der Waals surface area contributed by atoms with Gasteiger partial charge in [0.25, 0.3) is 0 Å². The second-order valence-corrected chi connectivity index (χ2v) is 3.58. The lowest BCUT2D eigenvalue weighted by Gasteiger charge is -2.32. The number of nitrogens with zero attached hydrogens (tertiary/aromatic N) is 2. The summed E-state index contributed by atoms with van der Waals surface area (Å²) in [6, 6.07) is 3.60. The largest absolute Gasteiger partial charge is 0.351 e. The van der Waals surface area contributed by atoms with Gasteiger partial charge < -0.3 is 5.73 Å². The molecule has 14 heavy (non-hydrogen) atoms. The number of nitrogens with two attached hydrogens (primary N) is 1. The number of fused-ring (bicyclic) bond motifs is 1. The van der Waals surface area contributed by atoms with Gasteiger partial charge in [-0.3, -0.25) is 4.90 Å². The summed E-state index contributed by atoms with van der Waals surface area (Å²) in [5, 5.41) is 0. The zero-order valence-electron chi connectivity index (χ0n) is 8.10. The Morgan fingerprint density at radius 3 is 3.21 bits per heavy atom. The van der Waals surface area contributed by atoms with Gasteiger partial charge in [0, 0.05) is 12.2 Å². The minimum atomic E-state index is -0.419. The first-order valence-corrected chi connectivity index (χ1v) is 4.72. The molecule has 1 aromatic heterocycles. The second-order valence-electron chi connectivity index (χ2n) is 3.58. The van der Waals surface area contributed by atoms with Crippen LogP contribution in [0.5, 0.6) is 0 Å². The molecule has 4 nitrogen and oxygen atoms in total. The summed E-state index contributed by atoms with van der Waals surface area (Å²) in [5.41, 5.74) is 6.42. The molecule has 1 aliphatic rings. The van der Waals surface area contributed by atoms with Crippen LogP contribution in [0, 0.1) is 0 Å². The van der Waals surface area contributed by atoms with Crippen molar-refractivity contribution in [1.29, 1.82) is 0 Å². The zero-order valence-corrected chi connectivity index (χ0v) is 8.10. The molecule has 4 heteroatoms. The molecule has 2 N–H and O–H groups in total. The molecule has 0 bridgehead atoms. The van der Waals surface area contributed by atoms with Crippen LogP contribution in [0.4, 0.5) is 10.6 Å². The first kappa shape index (κ1) is 8.99. The third-order valence-corrected chi connectivity index (χ3v) is 2.61. The van der Waals surface area contributed by atoms with E-state index in [2.05, 4.69) is 4.98 Å². The fraction of sp³-hybridized carbons (Fsp3) is 0.400. The van der Waals surface area contributed by atoms with Crippen molar-refractivity contribution >= 4 is 11.8 Å². The van der Waals surface area contributed by atoms with Gasteiger partial charge in [-0.25, -0.2) is 9.78 Å². The van der Waals surface area contributed by atoms with E-state index in [4.69, 9.17) is 5.73 Å². The van der Waals surface area contributed by atoms with Gasteiger partial charge in [0.15, 0.2) is 0 Å². The number of anilines is 1. The summed E-state index contributed by atoms with van der Waals surface area (Å²) in [6.45, 7) is 1.99. The van der Waals surface area contributed by atoms with Crippen molar-refractivity contribution in [1.82, 2.24) is 4.98 Å². The lowest BCUT2D eigenvalue weighted by molar-refractivity contribution is 0.251. The number of carbonyl (C=O) groups is 1. The third kappa shape index (κ3) is 1.32. The van der Waals surface area contributed by atoms with Crippen molar-refractivity contribution in [3.8, 4) is 0 Å². The van der Waals surface area contributed by atoms with Crippen LogP contribution in [0.15, 0.2) is 18.3 Å². The van der Waals surface area contributed by atoms with E-state index in [-0.39, 0.29) is 6.04 Å². The summed E-state index contributed by atoms with van der Waals surface area (Å²) < 4.78 is 0. The molecule has 74 valence electrons. The Morgan fingerprint density at radius 1 is 1.71 bits per heavy atom. The average Bonchev–Trinajstić information content (AvgIpc) is 2.17. The summed E-state index contributed by atoms with van der Waals surface area (Å²) in [4.78, 5) is 17.0. The van der Waals surface area contributed by atoms with Crippen molar-refractivity contribution in [2.45, 2.75) is 25.8 Å². The smallest absolute Gasteiger partial charge is 0.320 e. The molecule has 0 aromatic carbocycles. The van der Waals surface area contributed by atoms with Crippen LogP contribution in [0.2, 0.25) is 0 Å². The summed E-state index contributed by atoms with van der Waals surface area (Å²) in [6.07, 6.45) is 3.60. The van der Waals surface area contributed by atoms with Crippen molar-refractivity contribution in [2.75, 3.05) is 4.90 Å². The maximum Gasteiger partial charge on any atom is 0.320 e. The standard InChI is InChI=1S/C10H13N3O/c1-7-4-5-8-3-2-6-12-9(8)13(7)10(11)14/h2-3,6-7H,4-5H2,1H3,(H2,11,14). The number of rotatable bonds is 0. The Bertz CT molecular complexity index is 364. The lowest BCUT2D eigenvalue weighted by Crippen LogP contribution is -2.45. The minimum Gasteiger partial charge on any atom is -0.351 e. The average molecular weight is 191 g/mol. The zero-order chi connectivity index (χ0) is 10.1. The second kappa shape index (κ2) is 3.29. The molecule has 2 amide bonds. The molecule has 0 radical (unpaired) electrons. The van der Waals surface area contributed by atoms with Crippen LogP contribution in [-0.2, 0) is 6.42 Å². The molecular weight excluding hydrogens is 178 g/mol. The molecule has 2 heterocycles. The van der Waals surface area contributed by atoms with Crippen molar-refractivity contribution in [3.63, 3.8) is 0 Å². The van der Waals surface area contributed by atoms with Crippen LogP contribution in [0.3, 0.4) is 0 Å². The first-order valence-electron chi connectivity index (χ1n) is 4.72. The van der Waals surface area contributed by atoms with Gasteiger partial charge in [-0.2, -0.15) is 0 Å². The van der Waals surface area contributed by atoms with Crippen LogP contribution in [-0.4, -0.2) is 17.1 Å². The van der Waals surface area contributed by atoms with Crippen molar-refractivity contribution in [2.24, 2.45) is 5.73 Å². The molecule has 0 fully saturated rings. The van der Waals surface area contributed by atoms with E-state index >= 15 is 0 Å². The Balaban J connectivity index is 2.46. The number of primary amides is 1. The number of amides is 2. The molecule has 1 aromatic rings. The van der Waals surface area contributed by atoms with Crippen LogP contribution in [0.25, 0.3) is 0 Å². The van der Waals surface area contributed by atoms with Gasteiger partial charge in [0.2, 0.25) is 0 Å². The van der Waals surface area contributed by atoms with Gasteiger partial charge in [-0.1, -0.05) is 6.07 Å². The minimum absolute atomic E-state index is 0.148. The summed E-state index contributed by atoms with van der Waals surface area (Å²) >= 11 is 0. The monoisotopic (exact) mass is 191 g/mol. The number of aromatic nitrogens is 1. The normalized spacial score (nSPS) is 20.4. The van der Waals surface area contributed by atoms with Gasteiger partial charge in [0.05, 0.1) is 0 Å². The Morgan fingerprint density at radius 2 is 2.50 bits per heavy atom. The highest BCUT2D eigenvalue weighted by molar-refractivity contribution is 5.91. The fourth-order valence-electron chi connectivity index (χ4n) is 1.87. The first-order chi connectivity index (χ1) is 6.70. The van der Waals surface area contributed by atoms with Gasteiger partial charge in [-0.05, 0) is 31.4 Å². The summed E-state index contributed by atoms with van der Waals surface area (Å²) in [7, 11) is 0. The Kier molecular flexibility index (Phi) is 2.11. The van der Waals surface area contributed by atoms with Gasteiger partial charge >= 0.3 is 6.03 Å². The molecule has 2 rings (SSSR count). The Labute approximate surface area is 82.7 Å². The van der Waals surface area contributed by atoms with E-state index in [9.17, 15) is 4.79 Å². The summed E-state index contributed by atoms with van der Waals surface area (Å²) in [5.74, 6) is 0.721. The van der Waals surface area contributed by atoms with E-state index in [1.165, 1.54) is 0 Å². The topological polar surface area (TPSA) is 59.2 Å². The van der Waals surface area contributed by atoms with E-state index in [0.717, 1.165) is 24.2 Å². The fourth-order valence-corrected chi connectivity index (χ4v) is 1.87. The predicted octanol–water partition coefficient (Wildman–Crippen LogP) is 1.30. The SMILES string of the molecule is CC1CCc2cccnc2N1C(N)=O. The van der Waals surface area contributed by atoms with Gasteiger partial charge in [0.1, 0.15) is 5.82 Å². The van der Waals surface area contributed by atoms with Crippen LogP contribution in [0.1, 0.15) is 18.9 Å². The lowest BCUT2D eigenvalue weighted by atomic mass is 10.0. The number of hydrogen-bond donors (Lipinski definition) is 1. The maximum absolute atomic E-state index is 11.2. The number of pyridine rings is 1. The molecule has 1 aliphatic heterocycles. The highest BCUT2D eigenvalue weighted by atomic mass is 16.2. The van der Waals surface area contributed by atoms with Gasteiger partial charge in [-0.15, -0.1) is 0 Å². The number of aryl methyl sites for hydroxylation is 1. The number of hydrogen-bond acceptors (Lipinski definition) is 2. The quantitative estimate of drug-likeness (QED) is 0.672. The number of carbonyl (C=O) groups excluding carboxylic acids is 1. The highest BCUT2D eigenvalue weighted by Crippen LogP contribution is 2.27. The van der Waals surface area contributed by atoms with Crippen LogP contribution < -0.4 is 10.6 Å². The predicted molar refractivity (Wildman–Crippen MR) is 54.1 cm³/mol. The molecule has 1 unspecified atom stereocenters. The highest BCUT2D eigenvalue weighted by Gasteiger charge is 2.27. The maximum atomic E-state index is 11.2. The Hall–Kier alpha value is -1.58. The third-order valence-electron chi connectivity index (χ3n) is 2.61. The van der Waals surface area contributed by atoms with Crippen molar-refractivity contribution < 1.29 is 4.79 Å². The molecule has 0 saturated carbocycles. The van der Waals surface area contributed by atoms with E-state index in [0.29, 0.717) is 0 Å². The van der Waals surface area contributed by atoms with E-state index in [1.807, 2.05) is 19.1 Å².